The van der Waals surface area contributed by atoms with Crippen LogP contribution in [0.5, 0.6) is 5.75 Å². The highest BCUT2D eigenvalue weighted by Gasteiger charge is 2.19. The monoisotopic (exact) mass is 532 g/mol. The Bertz CT molecular complexity index is 1520. The summed E-state index contributed by atoms with van der Waals surface area (Å²) in [6.07, 6.45) is 4.59. The van der Waals surface area contributed by atoms with Crippen molar-refractivity contribution < 1.29 is 14.7 Å². The van der Waals surface area contributed by atoms with Gasteiger partial charge in [-0.3, -0.25) is 14.4 Å². The first-order valence-electron chi connectivity index (χ1n) is 11.6. The predicted octanol–water partition coefficient (Wildman–Crippen LogP) is 3.73. The van der Waals surface area contributed by atoms with Crippen molar-refractivity contribution in [3.8, 4) is 17.0 Å². The summed E-state index contributed by atoms with van der Waals surface area (Å²) in [5.74, 6) is -1.16. The first-order chi connectivity index (χ1) is 18.2. The molecule has 0 aliphatic carbocycles. The highest BCUT2D eigenvalue weighted by Crippen LogP contribution is 2.29. The highest BCUT2D eigenvalue weighted by molar-refractivity contribution is 6.30. The maximum atomic E-state index is 13.0. The zero-order chi connectivity index (χ0) is 27.2. The average molecular weight is 533 g/mol. The summed E-state index contributed by atoms with van der Waals surface area (Å²) < 4.78 is 1.59. The van der Waals surface area contributed by atoms with Gasteiger partial charge >= 0.3 is 0 Å². The van der Waals surface area contributed by atoms with Crippen LogP contribution >= 0.6 is 11.6 Å². The predicted molar refractivity (Wildman–Crippen MR) is 146 cm³/mol. The van der Waals surface area contributed by atoms with Gasteiger partial charge in [0.15, 0.2) is 0 Å². The zero-order valence-electron chi connectivity index (χ0n) is 20.7. The number of halogens is 1. The molecule has 4 rings (SSSR count). The van der Waals surface area contributed by atoms with Crippen LogP contribution in [0.25, 0.3) is 11.3 Å². The van der Waals surface area contributed by atoms with Crippen LogP contribution in [0, 0.1) is 0 Å². The Hall–Kier alpha value is -4.54. The molecule has 0 unspecified atom stereocenters. The van der Waals surface area contributed by atoms with Gasteiger partial charge in [0.25, 0.3) is 17.4 Å². The van der Waals surface area contributed by atoms with Gasteiger partial charge in [-0.05, 0) is 50.5 Å². The van der Waals surface area contributed by atoms with Gasteiger partial charge in [0, 0.05) is 42.8 Å². The van der Waals surface area contributed by atoms with Crippen molar-refractivity contribution in [2.75, 3.05) is 31.3 Å². The molecule has 2 aromatic heterocycles. The van der Waals surface area contributed by atoms with E-state index in [1.807, 2.05) is 19.0 Å². The second kappa shape index (κ2) is 11.7. The Labute approximate surface area is 223 Å². The normalized spacial score (nSPS) is 10.8. The van der Waals surface area contributed by atoms with E-state index in [4.69, 9.17) is 11.6 Å². The van der Waals surface area contributed by atoms with Crippen LogP contribution in [0.2, 0.25) is 5.02 Å². The fraction of sp³-hybridized carbons (Fsp3) is 0.148. The number of hydrogen-bond acceptors (Lipinski definition) is 7. The van der Waals surface area contributed by atoms with Crippen molar-refractivity contribution in [1.82, 2.24) is 19.4 Å². The minimum absolute atomic E-state index is 0.0403. The molecule has 0 atom stereocenters. The molecule has 38 heavy (non-hydrogen) atoms. The molecule has 2 heterocycles. The van der Waals surface area contributed by atoms with Gasteiger partial charge in [0.1, 0.15) is 17.3 Å². The maximum Gasteiger partial charge on any atom is 0.277 e. The number of para-hydroxylation sites is 1. The van der Waals surface area contributed by atoms with E-state index in [2.05, 4.69) is 20.6 Å². The number of carbonyl (C=O) groups is 2. The molecule has 0 radical (unpaired) electrons. The third-order valence-corrected chi connectivity index (χ3v) is 5.84. The Morgan fingerprint density at radius 1 is 1.00 bits per heavy atom. The number of hydrogen-bond donors (Lipinski definition) is 3. The lowest BCUT2D eigenvalue weighted by atomic mass is 10.1. The number of nitrogens with zero attached hydrogens (tertiary/aromatic N) is 4. The SMILES string of the molecule is CN(C)CCn1ccnc(-c2ccc(C(=O)Nc3c(O)cccc3C(=O)Nc3ccc(Cl)cn3)cc2)c1=O. The molecule has 0 fully saturated rings. The molecular formula is C27H25ClN6O4. The fourth-order valence-electron chi connectivity index (χ4n) is 3.59. The van der Waals surface area contributed by atoms with Crippen molar-refractivity contribution >= 4 is 34.9 Å². The number of aromatic nitrogens is 3. The summed E-state index contributed by atoms with van der Waals surface area (Å²) in [7, 11) is 3.86. The van der Waals surface area contributed by atoms with Crippen LogP contribution in [-0.2, 0) is 6.54 Å². The number of likely N-dealkylation sites (N-methyl/N-ethyl adjacent to an activating group) is 1. The number of aromatic hydroxyl groups is 1. The summed E-state index contributed by atoms with van der Waals surface area (Å²) in [6, 6.07) is 13.7. The van der Waals surface area contributed by atoms with Crippen molar-refractivity contribution in [3.63, 3.8) is 0 Å². The van der Waals surface area contributed by atoms with E-state index in [9.17, 15) is 19.5 Å². The van der Waals surface area contributed by atoms with Gasteiger partial charge < -0.3 is 25.2 Å². The van der Waals surface area contributed by atoms with Crippen LogP contribution in [0.1, 0.15) is 20.7 Å². The molecule has 0 bridgehead atoms. The van der Waals surface area contributed by atoms with Gasteiger partial charge in [-0.15, -0.1) is 0 Å². The Morgan fingerprint density at radius 2 is 1.76 bits per heavy atom. The van der Waals surface area contributed by atoms with E-state index in [0.29, 0.717) is 23.7 Å². The van der Waals surface area contributed by atoms with Gasteiger partial charge in [-0.2, -0.15) is 0 Å². The first kappa shape index (κ1) is 26.5. The molecule has 0 saturated carbocycles. The second-order valence-corrected chi connectivity index (χ2v) is 9.06. The topological polar surface area (TPSA) is 129 Å². The molecule has 11 heteroatoms. The summed E-state index contributed by atoms with van der Waals surface area (Å²) in [5.41, 5.74) is 0.843. The Morgan fingerprint density at radius 3 is 2.45 bits per heavy atom. The van der Waals surface area contributed by atoms with E-state index < -0.39 is 11.8 Å². The number of phenols is 1. The molecule has 2 aromatic carbocycles. The van der Waals surface area contributed by atoms with E-state index in [1.165, 1.54) is 30.5 Å². The smallest absolute Gasteiger partial charge is 0.277 e. The molecule has 0 saturated heterocycles. The highest BCUT2D eigenvalue weighted by atomic mass is 35.5. The molecule has 4 aromatic rings. The summed E-state index contributed by atoms with van der Waals surface area (Å²) >= 11 is 5.83. The first-order valence-corrected chi connectivity index (χ1v) is 12.0. The zero-order valence-corrected chi connectivity index (χ0v) is 21.4. The molecular weight excluding hydrogens is 508 g/mol. The Balaban J connectivity index is 1.53. The fourth-order valence-corrected chi connectivity index (χ4v) is 3.70. The van der Waals surface area contributed by atoms with Gasteiger partial charge in [0.05, 0.1) is 16.3 Å². The molecule has 0 aliphatic heterocycles. The van der Waals surface area contributed by atoms with Crippen molar-refractivity contribution in [2.24, 2.45) is 0 Å². The lowest BCUT2D eigenvalue weighted by molar-refractivity contribution is 0.102. The number of amides is 2. The van der Waals surface area contributed by atoms with Crippen LogP contribution in [0.15, 0.2) is 78.0 Å². The van der Waals surface area contributed by atoms with E-state index in [-0.39, 0.29) is 39.6 Å². The average Bonchev–Trinajstić information content (AvgIpc) is 2.90. The number of pyridine rings is 1. The Kier molecular flexibility index (Phi) is 8.15. The summed E-state index contributed by atoms with van der Waals surface area (Å²) in [4.78, 5) is 48.9. The number of phenolic OH excluding ortho intramolecular Hbond substituents is 1. The van der Waals surface area contributed by atoms with Crippen molar-refractivity contribution in [1.29, 1.82) is 0 Å². The molecule has 10 nitrogen and oxygen atoms in total. The number of rotatable bonds is 8. The minimum Gasteiger partial charge on any atom is -0.506 e. The summed E-state index contributed by atoms with van der Waals surface area (Å²) in [5, 5.41) is 16.0. The lowest BCUT2D eigenvalue weighted by Crippen LogP contribution is -2.27. The quantitative estimate of drug-likeness (QED) is 0.295. The lowest BCUT2D eigenvalue weighted by Gasteiger charge is -2.13. The minimum atomic E-state index is -0.581. The van der Waals surface area contributed by atoms with Gasteiger partial charge in [-0.25, -0.2) is 9.97 Å². The van der Waals surface area contributed by atoms with E-state index in [0.717, 1.165) is 0 Å². The van der Waals surface area contributed by atoms with Crippen molar-refractivity contribution in [2.45, 2.75) is 6.54 Å². The van der Waals surface area contributed by atoms with Gasteiger partial charge in [-0.1, -0.05) is 29.8 Å². The summed E-state index contributed by atoms with van der Waals surface area (Å²) in [6.45, 7) is 1.22. The molecule has 194 valence electrons. The van der Waals surface area contributed by atoms with Gasteiger partial charge in [0.2, 0.25) is 0 Å². The largest absolute Gasteiger partial charge is 0.506 e. The number of nitrogens with one attached hydrogen (secondary N) is 2. The second-order valence-electron chi connectivity index (χ2n) is 8.62. The molecule has 0 spiro atoms. The number of anilines is 2. The van der Waals surface area contributed by atoms with Crippen LogP contribution in [0.4, 0.5) is 11.5 Å². The third kappa shape index (κ3) is 6.23. The van der Waals surface area contributed by atoms with Crippen LogP contribution in [0.3, 0.4) is 0 Å². The maximum absolute atomic E-state index is 13.0. The third-order valence-electron chi connectivity index (χ3n) is 5.62. The standard InChI is InChI=1S/C27H25ClN6O4/c1-33(2)14-15-34-13-12-29-23(27(34)38)17-6-8-18(9-7-17)25(36)32-24-20(4-3-5-21(24)35)26(37)31-22-11-10-19(28)16-30-22/h3-13,16,35H,14-15H2,1-2H3,(H,32,36)(H,30,31,37). The number of carbonyl (C=O) groups excluding carboxylic acids is 2. The van der Waals surface area contributed by atoms with E-state index >= 15 is 0 Å². The van der Waals surface area contributed by atoms with Crippen molar-refractivity contribution in [3.05, 3.63) is 99.7 Å². The van der Waals surface area contributed by atoms with Crippen LogP contribution < -0.4 is 16.2 Å². The number of benzene rings is 2. The molecule has 3 N–H and O–H groups in total. The van der Waals surface area contributed by atoms with Crippen LogP contribution in [-0.4, -0.2) is 57.0 Å². The molecule has 2 amide bonds. The van der Waals surface area contributed by atoms with E-state index in [1.54, 1.807) is 47.3 Å². The molecule has 0 aliphatic rings.